The molecule has 148 valence electrons. The molecule has 0 aliphatic carbocycles. The first kappa shape index (κ1) is 21.2. The van der Waals surface area contributed by atoms with Crippen LogP contribution >= 0.6 is 0 Å². The summed E-state index contributed by atoms with van der Waals surface area (Å²) in [7, 11) is 1.68. The van der Waals surface area contributed by atoms with E-state index >= 15 is 0 Å². The third kappa shape index (κ3) is 4.97. The molecular formula is C22H26N2O4. The summed E-state index contributed by atoms with van der Waals surface area (Å²) in [5, 5.41) is 12.0. The number of hydrogen-bond acceptors (Lipinski definition) is 3. The van der Waals surface area contributed by atoms with Crippen molar-refractivity contribution >= 4 is 23.5 Å². The Morgan fingerprint density at radius 3 is 2.14 bits per heavy atom. The maximum atomic E-state index is 12.8. The Morgan fingerprint density at radius 2 is 1.57 bits per heavy atom. The van der Waals surface area contributed by atoms with E-state index in [1.54, 1.807) is 25.2 Å². The van der Waals surface area contributed by atoms with Gasteiger partial charge in [0.1, 0.15) is 0 Å². The zero-order valence-electron chi connectivity index (χ0n) is 16.4. The Kier molecular flexibility index (Phi) is 6.93. The quantitative estimate of drug-likeness (QED) is 0.728. The van der Waals surface area contributed by atoms with Gasteiger partial charge in [0.05, 0.1) is 12.0 Å². The molecule has 2 N–H and O–H groups in total. The number of carboxylic acid groups (broad SMARTS) is 1. The van der Waals surface area contributed by atoms with Crippen molar-refractivity contribution < 1.29 is 19.5 Å². The number of rotatable bonds is 8. The molecule has 0 radical (unpaired) electrons. The summed E-state index contributed by atoms with van der Waals surface area (Å²) in [6.45, 7) is 3.70. The molecule has 2 amide bonds. The molecule has 0 saturated heterocycles. The molecule has 2 rings (SSSR count). The Labute approximate surface area is 165 Å². The maximum absolute atomic E-state index is 12.8. The molecule has 0 heterocycles. The van der Waals surface area contributed by atoms with Crippen LogP contribution in [-0.4, -0.2) is 35.5 Å². The summed E-state index contributed by atoms with van der Waals surface area (Å²) >= 11 is 0. The highest BCUT2D eigenvalue weighted by Gasteiger charge is 2.31. The van der Waals surface area contributed by atoms with Gasteiger partial charge >= 0.3 is 5.97 Å². The lowest BCUT2D eigenvalue weighted by Gasteiger charge is -2.31. The third-order valence-electron chi connectivity index (χ3n) is 5.04. The van der Waals surface area contributed by atoms with Crippen LogP contribution in [0.2, 0.25) is 0 Å². The first-order valence-corrected chi connectivity index (χ1v) is 9.29. The zero-order valence-corrected chi connectivity index (χ0v) is 16.4. The molecule has 0 aliphatic rings. The monoisotopic (exact) mass is 382 g/mol. The number of para-hydroxylation sites is 1. The third-order valence-corrected chi connectivity index (χ3v) is 5.04. The molecule has 6 heteroatoms. The van der Waals surface area contributed by atoms with E-state index in [9.17, 15) is 19.5 Å². The van der Waals surface area contributed by atoms with Crippen molar-refractivity contribution in [3.63, 3.8) is 0 Å². The lowest BCUT2D eigenvalue weighted by Crippen LogP contribution is -2.49. The van der Waals surface area contributed by atoms with E-state index in [1.165, 1.54) is 11.0 Å². The molecule has 0 bridgehead atoms. The summed E-state index contributed by atoms with van der Waals surface area (Å²) in [6, 6.07) is 15.7. The predicted molar refractivity (Wildman–Crippen MR) is 109 cm³/mol. The Hall–Kier alpha value is -3.15. The average Bonchev–Trinajstić information content (AvgIpc) is 2.72. The van der Waals surface area contributed by atoms with Crippen molar-refractivity contribution in [3.8, 4) is 0 Å². The van der Waals surface area contributed by atoms with Gasteiger partial charge in [-0.15, -0.1) is 0 Å². The standard InChI is InChI=1S/C22H26N2O4/c1-4-22(5-2,15-19(25)26)23-20(27)16-10-9-11-17(14-16)21(28)24(3)18-12-7-6-8-13-18/h6-14H,4-5,15H2,1-3H3,(H,23,27)(H,25,26). The van der Waals surface area contributed by atoms with Crippen molar-refractivity contribution in [2.75, 3.05) is 11.9 Å². The highest BCUT2D eigenvalue weighted by Crippen LogP contribution is 2.21. The number of amides is 2. The minimum atomic E-state index is -0.961. The van der Waals surface area contributed by atoms with Gasteiger partial charge in [-0.25, -0.2) is 0 Å². The number of nitrogens with zero attached hydrogens (tertiary/aromatic N) is 1. The lowest BCUT2D eigenvalue weighted by molar-refractivity contribution is -0.138. The molecule has 28 heavy (non-hydrogen) atoms. The van der Waals surface area contributed by atoms with Gasteiger partial charge in [0.25, 0.3) is 11.8 Å². The number of carbonyl (C=O) groups excluding carboxylic acids is 2. The predicted octanol–water partition coefficient (Wildman–Crippen LogP) is 3.73. The summed E-state index contributed by atoms with van der Waals surface area (Å²) in [5.41, 5.74) is 0.642. The van der Waals surface area contributed by atoms with Crippen LogP contribution < -0.4 is 10.2 Å². The smallest absolute Gasteiger partial charge is 0.305 e. The number of nitrogens with one attached hydrogen (secondary N) is 1. The molecule has 0 aromatic heterocycles. The zero-order chi connectivity index (χ0) is 20.7. The Morgan fingerprint density at radius 1 is 0.964 bits per heavy atom. The first-order valence-electron chi connectivity index (χ1n) is 9.29. The second-order valence-corrected chi connectivity index (χ2v) is 6.79. The second kappa shape index (κ2) is 9.17. The summed E-state index contributed by atoms with van der Waals surface area (Å²) in [5.74, 6) is -1.58. The van der Waals surface area contributed by atoms with Gasteiger partial charge in [0, 0.05) is 23.9 Å². The van der Waals surface area contributed by atoms with E-state index in [2.05, 4.69) is 5.32 Å². The number of anilines is 1. The van der Waals surface area contributed by atoms with Crippen LogP contribution in [0.25, 0.3) is 0 Å². The van der Waals surface area contributed by atoms with Crippen LogP contribution in [-0.2, 0) is 4.79 Å². The van der Waals surface area contributed by atoms with E-state index in [0.717, 1.165) is 5.69 Å². The number of carboxylic acids is 1. The van der Waals surface area contributed by atoms with Crippen LogP contribution in [0.5, 0.6) is 0 Å². The largest absolute Gasteiger partial charge is 0.481 e. The van der Waals surface area contributed by atoms with E-state index < -0.39 is 11.5 Å². The molecule has 0 fully saturated rings. The van der Waals surface area contributed by atoms with Gasteiger partial charge < -0.3 is 15.3 Å². The topological polar surface area (TPSA) is 86.7 Å². The molecule has 0 saturated carbocycles. The normalized spacial score (nSPS) is 11.0. The number of hydrogen-bond donors (Lipinski definition) is 2. The molecule has 0 atom stereocenters. The second-order valence-electron chi connectivity index (χ2n) is 6.79. The average molecular weight is 382 g/mol. The fourth-order valence-corrected chi connectivity index (χ4v) is 3.08. The number of carbonyl (C=O) groups is 3. The first-order chi connectivity index (χ1) is 13.3. The minimum Gasteiger partial charge on any atom is -0.481 e. The van der Waals surface area contributed by atoms with Gasteiger partial charge in [-0.1, -0.05) is 38.1 Å². The molecule has 0 aliphatic heterocycles. The Bertz CT molecular complexity index is 845. The fraction of sp³-hybridized carbons (Fsp3) is 0.318. The van der Waals surface area contributed by atoms with Gasteiger partial charge in [0.15, 0.2) is 0 Å². The van der Waals surface area contributed by atoms with Gasteiger partial charge in [0.2, 0.25) is 0 Å². The van der Waals surface area contributed by atoms with Crippen molar-refractivity contribution in [2.45, 2.75) is 38.6 Å². The molecule has 2 aromatic carbocycles. The summed E-state index contributed by atoms with van der Waals surface area (Å²) < 4.78 is 0. The Balaban J connectivity index is 2.23. The molecular weight excluding hydrogens is 356 g/mol. The lowest BCUT2D eigenvalue weighted by atomic mass is 9.88. The maximum Gasteiger partial charge on any atom is 0.305 e. The van der Waals surface area contributed by atoms with E-state index in [-0.39, 0.29) is 18.2 Å². The molecule has 2 aromatic rings. The van der Waals surface area contributed by atoms with E-state index in [1.807, 2.05) is 44.2 Å². The molecule has 6 nitrogen and oxygen atoms in total. The van der Waals surface area contributed by atoms with Crippen molar-refractivity contribution in [1.29, 1.82) is 0 Å². The summed E-state index contributed by atoms with van der Waals surface area (Å²) in [4.78, 5) is 38.2. The highest BCUT2D eigenvalue weighted by atomic mass is 16.4. The highest BCUT2D eigenvalue weighted by molar-refractivity contribution is 6.07. The van der Waals surface area contributed by atoms with Crippen LogP contribution in [0.4, 0.5) is 5.69 Å². The number of benzene rings is 2. The fourth-order valence-electron chi connectivity index (χ4n) is 3.08. The van der Waals surface area contributed by atoms with Gasteiger partial charge in [-0.2, -0.15) is 0 Å². The van der Waals surface area contributed by atoms with Gasteiger partial charge in [-0.05, 0) is 43.2 Å². The molecule has 0 unspecified atom stereocenters. The molecule has 0 spiro atoms. The van der Waals surface area contributed by atoms with Crippen molar-refractivity contribution in [3.05, 3.63) is 65.7 Å². The minimum absolute atomic E-state index is 0.152. The van der Waals surface area contributed by atoms with Crippen LogP contribution in [0.15, 0.2) is 54.6 Å². The SMILES string of the molecule is CCC(CC)(CC(=O)O)NC(=O)c1cccc(C(=O)N(C)c2ccccc2)c1. The van der Waals surface area contributed by atoms with Crippen LogP contribution in [0.3, 0.4) is 0 Å². The number of aliphatic carboxylic acids is 1. The van der Waals surface area contributed by atoms with E-state index in [4.69, 9.17) is 0 Å². The van der Waals surface area contributed by atoms with Crippen LogP contribution in [0, 0.1) is 0 Å². The van der Waals surface area contributed by atoms with Gasteiger partial charge in [-0.3, -0.25) is 14.4 Å². The van der Waals surface area contributed by atoms with Crippen molar-refractivity contribution in [2.24, 2.45) is 0 Å². The van der Waals surface area contributed by atoms with Crippen molar-refractivity contribution in [1.82, 2.24) is 5.32 Å². The summed E-state index contributed by atoms with van der Waals surface area (Å²) in [6.07, 6.45) is 0.842. The van der Waals surface area contributed by atoms with E-state index in [0.29, 0.717) is 24.0 Å². The van der Waals surface area contributed by atoms with Crippen LogP contribution in [0.1, 0.15) is 53.8 Å².